The van der Waals surface area contributed by atoms with Crippen LogP contribution in [0.1, 0.15) is 16.1 Å². The molecule has 0 aliphatic rings. The molecule has 0 saturated heterocycles. The molecule has 0 bridgehead atoms. The standard InChI is InChI=1S/C18H15NO4/c1-11-6-5-7-12-14(20)10-16(23-17(11)12)18(21)19-13-8-3-4-9-15(13)22-2/h3-10H,1-2H3,(H,19,21). The van der Waals surface area contributed by atoms with Gasteiger partial charge in [0.05, 0.1) is 18.2 Å². The summed E-state index contributed by atoms with van der Waals surface area (Å²) < 4.78 is 10.8. The molecular weight excluding hydrogens is 294 g/mol. The van der Waals surface area contributed by atoms with Crippen LogP contribution in [-0.4, -0.2) is 13.0 Å². The van der Waals surface area contributed by atoms with Gasteiger partial charge in [0.25, 0.3) is 5.91 Å². The quantitative estimate of drug-likeness (QED) is 0.805. The molecule has 0 fully saturated rings. The Bertz CT molecular complexity index is 943. The second kappa shape index (κ2) is 5.96. The normalized spacial score (nSPS) is 10.5. The van der Waals surface area contributed by atoms with Crippen molar-refractivity contribution in [2.75, 3.05) is 12.4 Å². The number of hydrogen-bond donors (Lipinski definition) is 1. The summed E-state index contributed by atoms with van der Waals surface area (Å²) in [6.45, 7) is 1.83. The number of benzene rings is 2. The Labute approximate surface area is 132 Å². The molecule has 5 nitrogen and oxygen atoms in total. The molecule has 116 valence electrons. The molecule has 0 unspecified atom stereocenters. The lowest BCUT2D eigenvalue weighted by Crippen LogP contribution is -2.15. The van der Waals surface area contributed by atoms with Gasteiger partial charge in [0, 0.05) is 6.07 Å². The zero-order valence-corrected chi connectivity index (χ0v) is 12.8. The van der Waals surface area contributed by atoms with E-state index in [-0.39, 0.29) is 11.2 Å². The lowest BCUT2D eigenvalue weighted by atomic mass is 10.1. The van der Waals surface area contributed by atoms with Crippen molar-refractivity contribution in [1.29, 1.82) is 0 Å². The smallest absolute Gasteiger partial charge is 0.291 e. The molecule has 0 radical (unpaired) electrons. The minimum absolute atomic E-state index is 0.0392. The Morgan fingerprint density at radius 1 is 1.13 bits per heavy atom. The van der Waals surface area contributed by atoms with Crippen LogP contribution >= 0.6 is 0 Å². The van der Waals surface area contributed by atoms with Gasteiger partial charge in [0.15, 0.2) is 11.2 Å². The SMILES string of the molecule is COc1ccccc1NC(=O)c1cc(=O)c2cccc(C)c2o1. The van der Waals surface area contributed by atoms with Crippen LogP contribution in [0.3, 0.4) is 0 Å². The molecule has 23 heavy (non-hydrogen) atoms. The number of anilines is 1. The fourth-order valence-electron chi connectivity index (χ4n) is 2.36. The van der Waals surface area contributed by atoms with Gasteiger partial charge in [0.2, 0.25) is 0 Å². The maximum Gasteiger partial charge on any atom is 0.291 e. The minimum Gasteiger partial charge on any atom is -0.495 e. The van der Waals surface area contributed by atoms with E-state index in [0.29, 0.717) is 22.4 Å². The first-order valence-corrected chi connectivity index (χ1v) is 7.08. The van der Waals surface area contributed by atoms with Gasteiger partial charge >= 0.3 is 0 Å². The topological polar surface area (TPSA) is 68.5 Å². The third-order valence-corrected chi connectivity index (χ3v) is 3.53. The molecule has 5 heteroatoms. The first-order chi connectivity index (χ1) is 11.1. The van der Waals surface area contributed by atoms with Crippen molar-refractivity contribution < 1.29 is 13.9 Å². The second-order valence-electron chi connectivity index (χ2n) is 5.08. The highest BCUT2D eigenvalue weighted by Gasteiger charge is 2.15. The van der Waals surface area contributed by atoms with Crippen molar-refractivity contribution in [2.24, 2.45) is 0 Å². The van der Waals surface area contributed by atoms with E-state index in [2.05, 4.69) is 5.32 Å². The Morgan fingerprint density at radius 2 is 1.91 bits per heavy atom. The Kier molecular flexibility index (Phi) is 3.85. The summed E-state index contributed by atoms with van der Waals surface area (Å²) in [5.41, 5.74) is 1.48. The van der Waals surface area contributed by atoms with Gasteiger partial charge in [0.1, 0.15) is 11.3 Å². The number of hydrogen-bond acceptors (Lipinski definition) is 4. The number of rotatable bonds is 3. The van der Waals surface area contributed by atoms with E-state index < -0.39 is 5.91 Å². The second-order valence-corrected chi connectivity index (χ2v) is 5.08. The highest BCUT2D eigenvalue weighted by molar-refractivity contribution is 6.03. The van der Waals surface area contributed by atoms with E-state index in [1.165, 1.54) is 13.2 Å². The van der Waals surface area contributed by atoms with E-state index in [4.69, 9.17) is 9.15 Å². The van der Waals surface area contributed by atoms with Gasteiger partial charge in [-0.1, -0.05) is 24.3 Å². The number of amides is 1. The summed E-state index contributed by atoms with van der Waals surface area (Å²) in [4.78, 5) is 24.6. The largest absolute Gasteiger partial charge is 0.495 e. The van der Waals surface area contributed by atoms with Crippen LogP contribution in [0, 0.1) is 6.92 Å². The first kappa shape index (κ1) is 14.8. The zero-order valence-electron chi connectivity index (χ0n) is 12.8. The fraction of sp³-hybridized carbons (Fsp3) is 0.111. The summed E-state index contributed by atoms with van der Waals surface area (Å²) in [6, 6.07) is 13.5. The van der Waals surface area contributed by atoms with Crippen molar-refractivity contribution in [3.05, 3.63) is 70.1 Å². The molecule has 0 saturated carbocycles. The Morgan fingerprint density at radius 3 is 2.70 bits per heavy atom. The predicted molar refractivity (Wildman–Crippen MR) is 88.2 cm³/mol. The summed E-state index contributed by atoms with van der Waals surface area (Å²) in [5, 5.41) is 3.15. The van der Waals surface area contributed by atoms with Gasteiger partial charge in [-0.25, -0.2) is 0 Å². The van der Waals surface area contributed by atoms with E-state index in [0.717, 1.165) is 5.56 Å². The van der Waals surface area contributed by atoms with Crippen molar-refractivity contribution >= 4 is 22.6 Å². The number of ether oxygens (including phenoxy) is 1. The number of methoxy groups -OCH3 is 1. The van der Waals surface area contributed by atoms with Gasteiger partial charge in [-0.15, -0.1) is 0 Å². The summed E-state index contributed by atoms with van der Waals surface area (Å²) in [5.74, 6) is -0.0142. The zero-order chi connectivity index (χ0) is 16.4. The number of nitrogens with one attached hydrogen (secondary N) is 1. The Balaban J connectivity index is 2.01. The average Bonchev–Trinajstić information content (AvgIpc) is 2.56. The molecule has 0 atom stereocenters. The number of aryl methyl sites for hydroxylation is 1. The van der Waals surface area contributed by atoms with Crippen molar-refractivity contribution in [1.82, 2.24) is 0 Å². The maximum absolute atomic E-state index is 12.4. The highest BCUT2D eigenvalue weighted by atomic mass is 16.5. The van der Waals surface area contributed by atoms with Crippen LogP contribution in [0.4, 0.5) is 5.69 Å². The summed E-state index contributed by atoms with van der Waals surface area (Å²) in [7, 11) is 1.52. The van der Waals surface area contributed by atoms with Gasteiger partial charge < -0.3 is 14.5 Å². The van der Waals surface area contributed by atoms with E-state index in [9.17, 15) is 9.59 Å². The van der Waals surface area contributed by atoms with Crippen molar-refractivity contribution in [2.45, 2.75) is 6.92 Å². The summed E-state index contributed by atoms with van der Waals surface area (Å²) in [6.07, 6.45) is 0. The third-order valence-electron chi connectivity index (χ3n) is 3.53. The van der Waals surface area contributed by atoms with Gasteiger partial charge in [-0.2, -0.15) is 0 Å². The Hall–Kier alpha value is -3.08. The van der Waals surface area contributed by atoms with Crippen LogP contribution < -0.4 is 15.5 Å². The highest BCUT2D eigenvalue weighted by Crippen LogP contribution is 2.24. The lowest BCUT2D eigenvalue weighted by molar-refractivity contribution is 0.0997. The van der Waals surface area contributed by atoms with E-state index in [1.54, 1.807) is 36.4 Å². The predicted octanol–water partition coefficient (Wildman–Crippen LogP) is 3.36. The summed E-state index contributed by atoms with van der Waals surface area (Å²) >= 11 is 0. The van der Waals surface area contributed by atoms with Gasteiger partial charge in [-0.05, 0) is 30.7 Å². The first-order valence-electron chi connectivity index (χ1n) is 7.08. The van der Waals surface area contributed by atoms with Crippen LogP contribution in [0.25, 0.3) is 11.0 Å². The molecule has 3 aromatic rings. The van der Waals surface area contributed by atoms with Crippen molar-refractivity contribution in [3.8, 4) is 5.75 Å². The van der Waals surface area contributed by atoms with Crippen LogP contribution in [0.5, 0.6) is 5.75 Å². The number of para-hydroxylation sites is 3. The van der Waals surface area contributed by atoms with Crippen LogP contribution in [0.15, 0.2) is 57.7 Å². The van der Waals surface area contributed by atoms with Crippen LogP contribution in [-0.2, 0) is 0 Å². The molecule has 1 N–H and O–H groups in total. The molecule has 1 amide bonds. The number of carbonyl (C=O) groups excluding carboxylic acids is 1. The third kappa shape index (κ3) is 2.81. The number of fused-ring (bicyclic) bond motifs is 1. The van der Waals surface area contributed by atoms with Gasteiger partial charge in [-0.3, -0.25) is 9.59 Å². The number of carbonyl (C=O) groups is 1. The minimum atomic E-state index is -0.503. The monoisotopic (exact) mass is 309 g/mol. The lowest BCUT2D eigenvalue weighted by Gasteiger charge is -2.10. The molecule has 0 aliphatic carbocycles. The van der Waals surface area contributed by atoms with Crippen LogP contribution in [0.2, 0.25) is 0 Å². The molecular formula is C18H15NO4. The molecule has 1 heterocycles. The fourth-order valence-corrected chi connectivity index (χ4v) is 2.36. The molecule has 1 aromatic heterocycles. The van der Waals surface area contributed by atoms with E-state index >= 15 is 0 Å². The maximum atomic E-state index is 12.4. The molecule has 0 spiro atoms. The van der Waals surface area contributed by atoms with Crippen molar-refractivity contribution in [3.63, 3.8) is 0 Å². The average molecular weight is 309 g/mol. The molecule has 0 aliphatic heterocycles. The molecule has 3 rings (SSSR count). The molecule has 2 aromatic carbocycles. The van der Waals surface area contributed by atoms with E-state index in [1.807, 2.05) is 13.0 Å².